The van der Waals surface area contributed by atoms with Crippen LogP contribution in [0.2, 0.25) is 0 Å². The Bertz CT molecular complexity index is 322. The van der Waals surface area contributed by atoms with Crippen LogP contribution in [-0.2, 0) is 9.84 Å². The van der Waals surface area contributed by atoms with Gasteiger partial charge in [0, 0.05) is 18.3 Å². The van der Waals surface area contributed by atoms with Crippen LogP contribution in [0.1, 0.15) is 52.9 Å². The first kappa shape index (κ1) is 15.0. The van der Waals surface area contributed by atoms with Crippen molar-refractivity contribution in [3.8, 4) is 0 Å². The summed E-state index contributed by atoms with van der Waals surface area (Å²) < 4.78 is 22.7. The molecule has 1 unspecified atom stereocenters. The summed E-state index contributed by atoms with van der Waals surface area (Å²) in [5.74, 6) is 0.537. The van der Waals surface area contributed by atoms with Gasteiger partial charge in [-0.05, 0) is 31.1 Å². The van der Waals surface area contributed by atoms with E-state index in [-0.39, 0.29) is 11.5 Å². The molecule has 0 aromatic rings. The third-order valence-corrected chi connectivity index (χ3v) is 5.57. The van der Waals surface area contributed by atoms with Crippen LogP contribution in [0, 0.1) is 5.41 Å². The van der Waals surface area contributed by atoms with Crippen LogP contribution in [0.15, 0.2) is 0 Å². The van der Waals surface area contributed by atoms with Crippen LogP contribution >= 0.6 is 0 Å². The predicted octanol–water partition coefficient (Wildman–Crippen LogP) is 2.37. The lowest BCUT2D eigenvalue weighted by Gasteiger charge is -2.22. The molecule has 102 valence electrons. The van der Waals surface area contributed by atoms with Crippen molar-refractivity contribution in [3.63, 3.8) is 0 Å². The fraction of sp³-hybridized carbons (Fsp3) is 1.00. The Hall–Kier alpha value is -0.0900. The minimum atomic E-state index is -2.81. The Morgan fingerprint density at radius 3 is 2.59 bits per heavy atom. The first-order valence-corrected chi connectivity index (χ1v) is 8.60. The van der Waals surface area contributed by atoms with E-state index >= 15 is 0 Å². The molecule has 0 bridgehead atoms. The van der Waals surface area contributed by atoms with E-state index in [4.69, 9.17) is 0 Å². The highest BCUT2D eigenvalue weighted by atomic mass is 32.2. The molecule has 1 fully saturated rings. The lowest BCUT2D eigenvalue weighted by Crippen LogP contribution is -2.33. The SMILES string of the molecule is CCS(=O)(=O)CCNC1CCCC(C)(C)CC1. The predicted molar refractivity (Wildman–Crippen MR) is 73.0 cm³/mol. The van der Waals surface area contributed by atoms with E-state index < -0.39 is 9.84 Å². The van der Waals surface area contributed by atoms with Gasteiger partial charge >= 0.3 is 0 Å². The highest BCUT2D eigenvalue weighted by molar-refractivity contribution is 7.91. The van der Waals surface area contributed by atoms with Gasteiger partial charge in [-0.2, -0.15) is 0 Å². The quantitative estimate of drug-likeness (QED) is 0.773. The fourth-order valence-corrected chi connectivity index (χ4v) is 3.15. The van der Waals surface area contributed by atoms with Crippen molar-refractivity contribution in [3.05, 3.63) is 0 Å². The molecule has 1 aliphatic rings. The normalized spacial score (nSPS) is 25.5. The first-order chi connectivity index (χ1) is 7.85. The number of hydrogen-bond acceptors (Lipinski definition) is 3. The number of rotatable bonds is 5. The van der Waals surface area contributed by atoms with Gasteiger partial charge in [-0.15, -0.1) is 0 Å². The van der Waals surface area contributed by atoms with Gasteiger partial charge in [0.05, 0.1) is 5.75 Å². The number of nitrogens with one attached hydrogen (secondary N) is 1. The molecule has 0 heterocycles. The molecule has 1 aliphatic carbocycles. The molecule has 1 rings (SSSR count). The van der Waals surface area contributed by atoms with Gasteiger partial charge in [0.15, 0.2) is 9.84 Å². The van der Waals surface area contributed by atoms with Gasteiger partial charge in [-0.3, -0.25) is 0 Å². The molecule has 0 aromatic heterocycles. The number of sulfone groups is 1. The van der Waals surface area contributed by atoms with Gasteiger partial charge in [-0.1, -0.05) is 27.2 Å². The summed E-state index contributed by atoms with van der Waals surface area (Å²) in [7, 11) is -2.81. The molecule has 17 heavy (non-hydrogen) atoms. The van der Waals surface area contributed by atoms with Crippen molar-refractivity contribution in [2.75, 3.05) is 18.1 Å². The van der Waals surface area contributed by atoms with E-state index in [1.54, 1.807) is 6.92 Å². The molecule has 0 aromatic carbocycles. The average molecular weight is 261 g/mol. The van der Waals surface area contributed by atoms with E-state index in [9.17, 15) is 8.42 Å². The maximum Gasteiger partial charge on any atom is 0.151 e. The van der Waals surface area contributed by atoms with Crippen molar-refractivity contribution >= 4 is 9.84 Å². The summed E-state index contributed by atoms with van der Waals surface area (Å²) in [5, 5.41) is 3.41. The van der Waals surface area contributed by atoms with Crippen molar-refractivity contribution < 1.29 is 8.42 Å². The van der Waals surface area contributed by atoms with Crippen molar-refractivity contribution in [2.45, 2.75) is 58.9 Å². The Kier molecular flexibility index (Phi) is 5.45. The molecule has 0 aliphatic heterocycles. The van der Waals surface area contributed by atoms with Crippen LogP contribution in [0.4, 0.5) is 0 Å². The second-order valence-corrected chi connectivity index (χ2v) is 8.46. The Morgan fingerprint density at radius 1 is 1.24 bits per heavy atom. The molecule has 0 radical (unpaired) electrons. The largest absolute Gasteiger partial charge is 0.313 e. The van der Waals surface area contributed by atoms with Gasteiger partial charge in [0.1, 0.15) is 0 Å². The van der Waals surface area contributed by atoms with Gasteiger partial charge < -0.3 is 5.32 Å². The van der Waals surface area contributed by atoms with Crippen LogP contribution in [0.3, 0.4) is 0 Å². The van der Waals surface area contributed by atoms with Crippen LogP contribution in [-0.4, -0.2) is 32.5 Å². The van der Waals surface area contributed by atoms with E-state index in [1.807, 2.05) is 0 Å². The minimum absolute atomic E-state index is 0.256. The molecule has 0 saturated heterocycles. The van der Waals surface area contributed by atoms with E-state index in [0.717, 1.165) is 0 Å². The zero-order valence-corrected chi connectivity index (χ0v) is 12.3. The third kappa shape index (κ3) is 5.87. The van der Waals surface area contributed by atoms with Gasteiger partial charge in [-0.25, -0.2) is 8.42 Å². The van der Waals surface area contributed by atoms with Gasteiger partial charge in [0.2, 0.25) is 0 Å². The molecule has 1 N–H and O–H groups in total. The summed E-state index contributed by atoms with van der Waals surface area (Å²) in [4.78, 5) is 0. The molecule has 1 atom stereocenters. The molecule has 3 nitrogen and oxygen atoms in total. The second-order valence-electron chi connectivity index (χ2n) is 5.98. The Balaban J connectivity index is 2.29. The summed E-state index contributed by atoms with van der Waals surface area (Å²) in [6, 6.07) is 0.517. The topological polar surface area (TPSA) is 46.2 Å². The third-order valence-electron chi connectivity index (χ3n) is 3.86. The zero-order chi connectivity index (χ0) is 12.9. The standard InChI is InChI=1S/C13H27NO2S/c1-4-17(15,16)11-10-14-12-6-5-8-13(2,3)9-7-12/h12,14H,4-11H2,1-3H3. The minimum Gasteiger partial charge on any atom is -0.313 e. The molecule has 1 saturated carbocycles. The maximum absolute atomic E-state index is 11.4. The summed E-state index contributed by atoms with van der Waals surface area (Å²) in [6.45, 7) is 6.98. The summed E-state index contributed by atoms with van der Waals surface area (Å²) in [6.07, 6.45) is 6.16. The smallest absolute Gasteiger partial charge is 0.151 e. The fourth-order valence-electron chi connectivity index (χ4n) is 2.43. The molecule has 0 amide bonds. The Labute approximate surface area is 106 Å². The van der Waals surface area contributed by atoms with Crippen LogP contribution < -0.4 is 5.32 Å². The maximum atomic E-state index is 11.4. The van der Waals surface area contributed by atoms with Gasteiger partial charge in [0.25, 0.3) is 0 Å². The monoisotopic (exact) mass is 261 g/mol. The Morgan fingerprint density at radius 2 is 1.94 bits per heavy atom. The lowest BCUT2D eigenvalue weighted by molar-refractivity contribution is 0.310. The summed E-state index contributed by atoms with van der Waals surface area (Å²) >= 11 is 0. The van der Waals surface area contributed by atoms with Crippen molar-refractivity contribution in [2.24, 2.45) is 5.41 Å². The van der Waals surface area contributed by atoms with Crippen molar-refractivity contribution in [1.82, 2.24) is 5.32 Å². The molecule has 0 spiro atoms. The zero-order valence-electron chi connectivity index (χ0n) is 11.5. The van der Waals surface area contributed by atoms with Crippen LogP contribution in [0.25, 0.3) is 0 Å². The molecular weight excluding hydrogens is 234 g/mol. The molecular formula is C13H27NO2S. The highest BCUT2D eigenvalue weighted by Gasteiger charge is 2.24. The van der Waals surface area contributed by atoms with E-state index in [2.05, 4.69) is 19.2 Å². The van der Waals surface area contributed by atoms with E-state index in [0.29, 0.717) is 18.0 Å². The van der Waals surface area contributed by atoms with E-state index in [1.165, 1.54) is 32.1 Å². The van der Waals surface area contributed by atoms with Crippen LogP contribution in [0.5, 0.6) is 0 Å². The number of hydrogen-bond donors (Lipinski definition) is 1. The van der Waals surface area contributed by atoms with Crippen molar-refractivity contribution in [1.29, 1.82) is 0 Å². The second kappa shape index (κ2) is 6.19. The molecule has 4 heteroatoms. The average Bonchev–Trinajstić information content (AvgIpc) is 2.40. The first-order valence-electron chi connectivity index (χ1n) is 6.78. The lowest BCUT2D eigenvalue weighted by atomic mass is 9.85. The summed E-state index contributed by atoms with van der Waals surface area (Å²) in [5.41, 5.74) is 0.464. The highest BCUT2D eigenvalue weighted by Crippen LogP contribution is 2.33.